The van der Waals surface area contributed by atoms with Crippen LogP contribution in [0.4, 0.5) is 0 Å². The van der Waals surface area contributed by atoms with Crippen molar-refractivity contribution in [2.75, 3.05) is 20.3 Å². The molecular formula is C12H17NO2S2. The van der Waals surface area contributed by atoms with Crippen molar-refractivity contribution >= 4 is 29.0 Å². The predicted octanol–water partition coefficient (Wildman–Crippen LogP) is 2.67. The zero-order valence-corrected chi connectivity index (χ0v) is 11.9. The Morgan fingerprint density at radius 3 is 2.88 bits per heavy atom. The highest BCUT2D eigenvalue weighted by atomic mass is 32.2. The third kappa shape index (κ3) is 2.51. The second-order valence-corrected chi connectivity index (χ2v) is 6.50. The van der Waals surface area contributed by atoms with E-state index in [1.54, 1.807) is 30.2 Å². The maximum atomic E-state index is 12.1. The number of thiophene rings is 1. The number of hydrogen-bond donors (Lipinski definition) is 0. The molecule has 0 aliphatic carbocycles. The van der Waals surface area contributed by atoms with E-state index in [4.69, 9.17) is 4.74 Å². The number of carbonyl (C=O) groups excluding carboxylic acids is 1. The predicted molar refractivity (Wildman–Crippen MR) is 72.4 cm³/mol. The van der Waals surface area contributed by atoms with E-state index in [2.05, 4.69) is 18.4 Å². The molecule has 5 heteroatoms. The second-order valence-electron chi connectivity index (χ2n) is 4.12. The zero-order chi connectivity index (χ0) is 12.4. The minimum atomic E-state index is 0.0540. The Hall–Kier alpha value is -0.520. The van der Waals surface area contributed by atoms with E-state index in [0.717, 1.165) is 0 Å². The maximum Gasteiger partial charge on any atom is 0.236 e. The van der Waals surface area contributed by atoms with Gasteiger partial charge in [-0.15, -0.1) is 23.1 Å². The van der Waals surface area contributed by atoms with Crippen molar-refractivity contribution < 1.29 is 9.53 Å². The van der Waals surface area contributed by atoms with Gasteiger partial charge < -0.3 is 9.64 Å². The highest BCUT2D eigenvalue weighted by Gasteiger charge is 2.39. The lowest BCUT2D eigenvalue weighted by atomic mass is 10.2. The number of carbonyl (C=O) groups is 1. The largest absolute Gasteiger partial charge is 0.383 e. The van der Waals surface area contributed by atoms with Crippen molar-refractivity contribution in [2.24, 2.45) is 0 Å². The van der Waals surface area contributed by atoms with Gasteiger partial charge in [0.25, 0.3) is 0 Å². The molecule has 17 heavy (non-hydrogen) atoms. The molecule has 0 saturated carbocycles. The van der Waals surface area contributed by atoms with Crippen molar-refractivity contribution in [1.29, 1.82) is 0 Å². The Bertz CT molecular complexity index is 405. The maximum absolute atomic E-state index is 12.1. The summed E-state index contributed by atoms with van der Waals surface area (Å²) in [6.07, 6.45) is 0. The fourth-order valence-electron chi connectivity index (χ4n) is 1.93. The van der Waals surface area contributed by atoms with Crippen LogP contribution in [0.2, 0.25) is 0 Å². The van der Waals surface area contributed by atoms with E-state index in [0.29, 0.717) is 13.2 Å². The fourth-order valence-corrected chi connectivity index (χ4v) is 4.49. The first-order valence-electron chi connectivity index (χ1n) is 5.64. The average Bonchev–Trinajstić information content (AvgIpc) is 2.83. The van der Waals surface area contributed by atoms with Gasteiger partial charge in [0, 0.05) is 18.5 Å². The molecule has 2 atom stereocenters. The third-order valence-electron chi connectivity index (χ3n) is 2.91. The first-order valence-corrected chi connectivity index (χ1v) is 7.46. The van der Waals surface area contributed by atoms with Crippen LogP contribution in [0.25, 0.3) is 0 Å². The highest BCUT2D eigenvalue weighted by molar-refractivity contribution is 8.01. The lowest BCUT2D eigenvalue weighted by molar-refractivity contribution is -0.130. The zero-order valence-electron chi connectivity index (χ0n) is 10.3. The summed E-state index contributed by atoms with van der Waals surface area (Å²) in [6.45, 7) is 5.36. The van der Waals surface area contributed by atoms with Crippen LogP contribution in [0.5, 0.6) is 0 Å². The normalized spacial score (nSPS) is 24.6. The molecule has 2 heterocycles. The summed E-state index contributed by atoms with van der Waals surface area (Å²) in [5.74, 6) is 0.227. The smallest absolute Gasteiger partial charge is 0.236 e. The average molecular weight is 271 g/mol. The highest BCUT2D eigenvalue weighted by Crippen LogP contribution is 2.45. The number of rotatable bonds is 4. The quantitative estimate of drug-likeness (QED) is 0.843. The third-order valence-corrected chi connectivity index (χ3v) is 5.49. The molecule has 0 spiro atoms. The summed E-state index contributed by atoms with van der Waals surface area (Å²) in [4.78, 5) is 15.3. The summed E-state index contributed by atoms with van der Waals surface area (Å²) < 4.78 is 5.08. The number of nitrogens with zero attached hydrogens (tertiary/aromatic N) is 1. The molecule has 0 bridgehead atoms. The Morgan fingerprint density at radius 2 is 2.29 bits per heavy atom. The Labute approximate surface area is 110 Å². The number of ether oxygens (including phenoxy) is 1. The van der Waals surface area contributed by atoms with Crippen LogP contribution in [0, 0.1) is 6.92 Å². The molecule has 1 aromatic heterocycles. The molecule has 1 amide bonds. The van der Waals surface area contributed by atoms with Crippen LogP contribution >= 0.6 is 23.1 Å². The number of aryl methyl sites for hydroxylation is 1. The topological polar surface area (TPSA) is 29.5 Å². The summed E-state index contributed by atoms with van der Waals surface area (Å²) in [7, 11) is 1.67. The van der Waals surface area contributed by atoms with E-state index in [-0.39, 0.29) is 16.5 Å². The van der Waals surface area contributed by atoms with E-state index in [1.807, 2.05) is 11.8 Å². The molecule has 1 aliphatic heterocycles. The second kappa shape index (κ2) is 5.42. The molecular weight excluding hydrogens is 254 g/mol. The molecule has 1 fully saturated rings. The summed E-state index contributed by atoms with van der Waals surface area (Å²) >= 11 is 3.47. The van der Waals surface area contributed by atoms with Gasteiger partial charge >= 0.3 is 0 Å². The first kappa shape index (κ1) is 12.9. The lowest BCUT2D eigenvalue weighted by Gasteiger charge is -2.23. The van der Waals surface area contributed by atoms with Crippen molar-refractivity contribution in [3.63, 3.8) is 0 Å². The molecule has 0 N–H and O–H groups in total. The van der Waals surface area contributed by atoms with Gasteiger partial charge in [-0.1, -0.05) is 0 Å². The van der Waals surface area contributed by atoms with Gasteiger partial charge in [-0.25, -0.2) is 0 Å². The van der Waals surface area contributed by atoms with Crippen LogP contribution in [0.3, 0.4) is 0 Å². The fraction of sp³-hybridized carbons (Fsp3) is 0.583. The van der Waals surface area contributed by atoms with Crippen molar-refractivity contribution in [2.45, 2.75) is 24.5 Å². The molecule has 94 valence electrons. The number of hydrogen-bond acceptors (Lipinski definition) is 4. The van der Waals surface area contributed by atoms with Crippen molar-refractivity contribution in [3.05, 3.63) is 21.9 Å². The van der Waals surface area contributed by atoms with Gasteiger partial charge in [-0.3, -0.25) is 4.79 Å². The van der Waals surface area contributed by atoms with Crippen LogP contribution in [-0.4, -0.2) is 36.3 Å². The molecule has 1 aromatic rings. The molecule has 1 saturated heterocycles. The van der Waals surface area contributed by atoms with Crippen LogP contribution < -0.4 is 0 Å². The number of thioether (sulfide) groups is 1. The van der Waals surface area contributed by atoms with E-state index in [9.17, 15) is 4.79 Å². The van der Waals surface area contributed by atoms with Gasteiger partial charge in [-0.2, -0.15) is 0 Å². The van der Waals surface area contributed by atoms with Gasteiger partial charge in [0.15, 0.2) is 0 Å². The van der Waals surface area contributed by atoms with Gasteiger partial charge in [-0.05, 0) is 30.9 Å². The Kier molecular flexibility index (Phi) is 4.12. The number of methoxy groups -OCH3 is 1. The monoisotopic (exact) mass is 271 g/mol. The van der Waals surface area contributed by atoms with E-state index < -0.39 is 0 Å². The van der Waals surface area contributed by atoms with Crippen LogP contribution in [-0.2, 0) is 9.53 Å². The molecule has 0 unspecified atom stereocenters. The molecule has 2 rings (SSSR count). The van der Waals surface area contributed by atoms with Crippen LogP contribution in [0.1, 0.15) is 22.7 Å². The van der Waals surface area contributed by atoms with E-state index in [1.165, 1.54) is 10.4 Å². The molecule has 3 nitrogen and oxygen atoms in total. The van der Waals surface area contributed by atoms with E-state index >= 15 is 0 Å². The summed E-state index contributed by atoms with van der Waals surface area (Å²) in [5.41, 5.74) is 1.27. The standard InChI is InChI=1S/C12H17NO2S2/c1-8-4-7-16-10(8)12-13(5-6-15-3)11(14)9(2)17-12/h4,7,9,12H,5-6H2,1-3H3/t9-,12-/m1/s1. The Balaban J connectivity index is 2.20. The lowest BCUT2D eigenvalue weighted by Crippen LogP contribution is -2.33. The Morgan fingerprint density at radius 1 is 1.53 bits per heavy atom. The van der Waals surface area contributed by atoms with Gasteiger partial charge in [0.1, 0.15) is 5.37 Å². The van der Waals surface area contributed by atoms with Gasteiger partial charge in [0.2, 0.25) is 5.91 Å². The summed E-state index contributed by atoms with van der Waals surface area (Å²) in [6, 6.07) is 2.11. The molecule has 1 aliphatic rings. The van der Waals surface area contributed by atoms with Crippen molar-refractivity contribution in [1.82, 2.24) is 4.90 Å². The number of amides is 1. The minimum Gasteiger partial charge on any atom is -0.383 e. The molecule has 0 aromatic carbocycles. The summed E-state index contributed by atoms with van der Waals surface area (Å²) in [5, 5.41) is 2.32. The van der Waals surface area contributed by atoms with Crippen LogP contribution in [0.15, 0.2) is 11.4 Å². The minimum absolute atomic E-state index is 0.0540. The van der Waals surface area contributed by atoms with Gasteiger partial charge in [0.05, 0.1) is 11.9 Å². The SMILES string of the molecule is COCCN1C(=O)[C@@H](C)S[C@@H]1c1sccc1C. The molecule has 0 radical (unpaired) electrons. The first-order chi connectivity index (χ1) is 8.15. The van der Waals surface area contributed by atoms with Crippen molar-refractivity contribution in [3.8, 4) is 0 Å².